The first-order valence-electron chi connectivity index (χ1n) is 10.1. The molecule has 4 rings (SSSR count). The van der Waals surface area contributed by atoms with E-state index in [1.54, 1.807) is 0 Å². The van der Waals surface area contributed by atoms with Crippen LogP contribution in [0.2, 0.25) is 0 Å². The zero-order valence-electron chi connectivity index (χ0n) is 16.6. The normalized spacial score (nSPS) is 27.0. The number of benzene rings is 2. The Morgan fingerprint density at radius 2 is 1.40 bits per heavy atom. The average Bonchev–Trinajstić information content (AvgIpc) is 3.37. The summed E-state index contributed by atoms with van der Waals surface area (Å²) in [6, 6.07) is 21.7. The summed E-state index contributed by atoms with van der Waals surface area (Å²) < 4.78 is 24.5. The van der Waals surface area contributed by atoms with Crippen molar-refractivity contribution in [3.05, 3.63) is 83.2 Å². The molecule has 0 spiro atoms. The minimum Gasteiger partial charge on any atom is -0.370 e. The van der Waals surface area contributed by atoms with E-state index in [1.165, 1.54) is 0 Å². The predicted molar refractivity (Wildman–Crippen MR) is 109 cm³/mol. The lowest BCUT2D eigenvalue weighted by molar-refractivity contribution is -0.0851. The van der Waals surface area contributed by atoms with Gasteiger partial charge in [-0.15, -0.1) is 0 Å². The first-order chi connectivity index (χ1) is 14.8. The van der Waals surface area contributed by atoms with Gasteiger partial charge in [0.25, 0.3) is 0 Å². The molecule has 4 unspecified atom stereocenters. The van der Waals surface area contributed by atoms with E-state index < -0.39 is 0 Å². The topological polar surface area (TPSA) is 65.1 Å². The molecule has 0 saturated carbocycles. The summed E-state index contributed by atoms with van der Waals surface area (Å²) in [5.74, 6) is 0. The molecule has 2 heterocycles. The summed E-state index contributed by atoms with van der Waals surface area (Å²) in [7, 11) is 0. The highest BCUT2D eigenvalue weighted by atomic mass is 16.6. The number of rotatable bonds is 8. The molecule has 2 aliphatic rings. The maximum Gasteiger partial charge on any atom is 0.244 e. The number of ether oxygens (including phenoxy) is 4. The van der Waals surface area contributed by atoms with E-state index in [-0.39, 0.29) is 49.6 Å². The number of hydrogen-bond donors (Lipinski definition) is 0. The van der Waals surface area contributed by atoms with Gasteiger partial charge in [0, 0.05) is 0 Å². The molecule has 0 N–H and O–H groups in total. The van der Waals surface area contributed by atoms with Crippen LogP contribution in [0.15, 0.2) is 60.7 Å². The van der Waals surface area contributed by atoms with Crippen LogP contribution in [0.1, 0.15) is 29.8 Å². The Morgan fingerprint density at radius 1 is 0.900 bits per heavy atom. The fourth-order valence-electron chi connectivity index (χ4n) is 4.06. The van der Waals surface area contributed by atoms with Gasteiger partial charge in [-0.3, -0.25) is 0 Å². The van der Waals surface area contributed by atoms with Crippen LogP contribution in [0.3, 0.4) is 0 Å². The van der Waals surface area contributed by atoms with Crippen LogP contribution in [0, 0.1) is 17.9 Å². The molecule has 2 saturated heterocycles. The van der Waals surface area contributed by atoms with E-state index in [0.717, 1.165) is 11.1 Å². The molecule has 154 valence electrons. The van der Waals surface area contributed by atoms with E-state index >= 15 is 0 Å². The molecule has 0 radical (unpaired) electrons. The largest absolute Gasteiger partial charge is 0.370 e. The number of nitriles is 1. The van der Waals surface area contributed by atoms with Gasteiger partial charge in [0.1, 0.15) is 24.4 Å². The highest BCUT2D eigenvalue weighted by molar-refractivity contribution is 5.20. The Bertz CT molecular complexity index is 817. The monoisotopic (exact) mass is 404 g/mol. The fourth-order valence-corrected chi connectivity index (χ4v) is 4.06. The first-order valence-corrected chi connectivity index (χ1v) is 10.1. The SMILES string of the molecule is [C-]#[N+]CC(O[C@@H]1COC2C1OC[C@H]2OC(CC#N)c1ccccc1)c1ccccc1. The maximum atomic E-state index is 9.22. The molecule has 2 aromatic rings. The number of nitrogens with zero attached hydrogens (tertiary/aromatic N) is 2. The lowest BCUT2D eigenvalue weighted by Crippen LogP contribution is -2.35. The molecule has 2 fully saturated rings. The molecule has 2 aliphatic heterocycles. The Labute approximate surface area is 176 Å². The van der Waals surface area contributed by atoms with Crippen LogP contribution in [0.5, 0.6) is 0 Å². The molecular formula is C24H24N2O4. The van der Waals surface area contributed by atoms with Crippen LogP contribution in [0.25, 0.3) is 4.85 Å². The van der Waals surface area contributed by atoms with E-state index in [0.29, 0.717) is 13.2 Å². The summed E-state index contributed by atoms with van der Waals surface area (Å²) in [4.78, 5) is 3.54. The number of hydrogen-bond acceptors (Lipinski definition) is 5. The summed E-state index contributed by atoms with van der Waals surface area (Å²) in [5.41, 5.74) is 1.94. The molecule has 0 bridgehead atoms. The van der Waals surface area contributed by atoms with Gasteiger partial charge in [-0.2, -0.15) is 5.26 Å². The van der Waals surface area contributed by atoms with Crippen LogP contribution >= 0.6 is 0 Å². The second-order valence-electron chi connectivity index (χ2n) is 7.45. The third-order valence-electron chi connectivity index (χ3n) is 5.52. The third-order valence-corrected chi connectivity index (χ3v) is 5.52. The highest BCUT2D eigenvalue weighted by Gasteiger charge is 2.50. The van der Waals surface area contributed by atoms with Gasteiger partial charge in [-0.05, 0) is 11.1 Å². The standard InChI is InChI=1S/C24H24N2O4/c1-26-14-20(18-10-6-3-7-11-18)30-22-16-28-23-21(15-27-24(22)23)29-19(12-13-25)17-8-4-2-5-9-17/h2-11,19-24H,12,14-16H2/t19?,20?,21-,22-,23?,24?/m1/s1. The Hall–Kier alpha value is -2.74. The van der Waals surface area contributed by atoms with E-state index in [4.69, 9.17) is 25.5 Å². The average molecular weight is 404 g/mol. The van der Waals surface area contributed by atoms with Crippen molar-refractivity contribution in [2.45, 2.75) is 43.0 Å². The van der Waals surface area contributed by atoms with Crippen LogP contribution in [-0.4, -0.2) is 44.2 Å². The summed E-state index contributed by atoms with van der Waals surface area (Å²) in [6.07, 6.45) is -1.41. The van der Waals surface area contributed by atoms with Crippen molar-refractivity contribution < 1.29 is 18.9 Å². The first kappa shape index (κ1) is 20.5. The van der Waals surface area contributed by atoms with Gasteiger partial charge in [0.05, 0.1) is 31.8 Å². The molecule has 0 aromatic heterocycles. The van der Waals surface area contributed by atoms with Gasteiger partial charge < -0.3 is 23.8 Å². The molecule has 6 nitrogen and oxygen atoms in total. The van der Waals surface area contributed by atoms with Gasteiger partial charge in [-0.25, -0.2) is 6.57 Å². The van der Waals surface area contributed by atoms with Gasteiger partial charge in [-0.1, -0.05) is 60.7 Å². The van der Waals surface area contributed by atoms with Crippen molar-refractivity contribution in [3.63, 3.8) is 0 Å². The minimum absolute atomic E-state index is 0.245. The molecule has 6 atom stereocenters. The smallest absolute Gasteiger partial charge is 0.244 e. The van der Waals surface area contributed by atoms with Crippen molar-refractivity contribution in [2.75, 3.05) is 19.8 Å². The maximum absolute atomic E-state index is 9.22. The molecule has 0 amide bonds. The van der Waals surface area contributed by atoms with Crippen LogP contribution in [0.4, 0.5) is 0 Å². The summed E-state index contributed by atoms with van der Waals surface area (Å²) in [5, 5.41) is 9.22. The van der Waals surface area contributed by atoms with E-state index in [9.17, 15) is 5.26 Å². The van der Waals surface area contributed by atoms with Crippen molar-refractivity contribution in [1.82, 2.24) is 0 Å². The molecule has 2 aromatic carbocycles. The van der Waals surface area contributed by atoms with Gasteiger partial charge in [0.2, 0.25) is 6.54 Å². The van der Waals surface area contributed by atoms with Crippen molar-refractivity contribution >= 4 is 0 Å². The molecule has 0 aliphatic carbocycles. The Morgan fingerprint density at radius 3 is 1.90 bits per heavy atom. The predicted octanol–water partition coefficient (Wildman–Crippen LogP) is 3.87. The lowest BCUT2D eigenvalue weighted by atomic mass is 10.1. The van der Waals surface area contributed by atoms with Crippen LogP contribution < -0.4 is 0 Å². The second-order valence-corrected chi connectivity index (χ2v) is 7.45. The fraction of sp³-hybridized carbons (Fsp3) is 0.417. The van der Waals surface area contributed by atoms with Crippen molar-refractivity contribution in [2.24, 2.45) is 0 Å². The highest BCUT2D eigenvalue weighted by Crippen LogP contribution is 2.36. The van der Waals surface area contributed by atoms with Crippen molar-refractivity contribution in [3.8, 4) is 6.07 Å². The Kier molecular flexibility index (Phi) is 6.74. The molecule has 6 heteroatoms. The summed E-state index contributed by atoms with van der Waals surface area (Å²) >= 11 is 0. The molecule has 30 heavy (non-hydrogen) atoms. The minimum atomic E-state index is -0.327. The molecular weight excluding hydrogens is 380 g/mol. The number of fused-ring (bicyclic) bond motifs is 1. The van der Waals surface area contributed by atoms with Crippen molar-refractivity contribution in [1.29, 1.82) is 5.26 Å². The second kappa shape index (κ2) is 9.84. The third kappa shape index (κ3) is 4.53. The van der Waals surface area contributed by atoms with E-state index in [1.807, 2.05) is 60.7 Å². The zero-order chi connectivity index (χ0) is 20.8. The van der Waals surface area contributed by atoms with Gasteiger partial charge >= 0.3 is 0 Å². The summed E-state index contributed by atoms with van der Waals surface area (Å²) in [6.45, 7) is 8.30. The van der Waals surface area contributed by atoms with E-state index in [2.05, 4.69) is 10.9 Å². The zero-order valence-corrected chi connectivity index (χ0v) is 16.6. The Balaban J connectivity index is 1.41. The van der Waals surface area contributed by atoms with Crippen LogP contribution in [-0.2, 0) is 18.9 Å². The lowest BCUT2D eigenvalue weighted by Gasteiger charge is -2.23. The van der Waals surface area contributed by atoms with Gasteiger partial charge in [0.15, 0.2) is 6.10 Å². The quantitative estimate of drug-likeness (QED) is 0.625.